The number of anilines is 1. The van der Waals surface area contributed by atoms with Crippen molar-refractivity contribution < 1.29 is 36.9 Å². The van der Waals surface area contributed by atoms with E-state index in [1.54, 1.807) is 83.0 Å². The summed E-state index contributed by atoms with van der Waals surface area (Å²) in [5, 5.41) is 28.0. The third kappa shape index (κ3) is 9.93. The van der Waals surface area contributed by atoms with Gasteiger partial charge in [0.05, 0.1) is 57.4 Å². The Bertz CT molecular complexity index is 2940. The van der Waals surface area contributed by atoms with Gasteiger partial charge in [-0.2, -0.15) is 9.10 Å². The maximum absolute atomic E-state index is 16.4. The molecule has 0 aliphatic carbocycles. The number of ether oxygens (including phenoxy) is 4. The molecule has 0 saturated carbocycles. The summed E-state index contributed by atoms with van der Waals surface area (Å²) in [5.41, 5.74) is 4.36. The first-order chi connectivity index (χ1) is 31.6. The second-order valence-corrected chi connectivity index (χ2v) is 17.8. The van der Waals surface area contributed by atoms with Crippen LogP contribution in [-0.4, -0.2) is 78.1 Å². The monoisotopic (exact) mass is 915 g/mol. The Labute approximate surface area is 379 Å². The Morgan fingerprint density at radius 2 is 1.25 bits per heavy atom. The van der Waals surface area contributed by atoms with E-state index < -0.39 is 27.7 Å². The zero-order valence-corrected chi connectivity index (χ0v) is 37.6. The molecule has 1 unspecified atom stereocenters. The summed E-state index contributed by atoms with van der Waals surface area (Å²) < 4.78 is 71.5. The van der Waals surface area contributed by atoms with Crippen molar-refractivity contribution in [2.24, 2.45) is 0 Å². The lowest BCUT2D eigenvalue weighted by atomic mass is 9.95. The number of aliphatic hydroxyl groups is 1. The number of fused-ring (bicyclic) bond motifs is 1. The molecule has 2 aromatic heterocycles. The first-order valence-electron chi connectivity index (χ1n) is 20.5. The van der Waals surface area contributed by atoms with Crippen LogP contribution in [0.4, 0.5) is 9.52 Å². The Kier molecular flexibility index (Phi) is 13.6. The molecule has 334 valence electrons. The molecule has 8 rings (SSSR count). The number of nitrogens with one attached hydrogen (secondary N) is 1. The standard InChI is InChI=1S/C48H46FN7O7S2/c1-60-35-16-8-31(9-17-35)26-50-48-51-45-40(6-5-7-43(45)64-48)39-24-25-41(42(49)30-57)46(44(39)47-52-54-56(53-47)29-34-14-22-38(63-4)23-15-34)65(58,59)55(27-32-10-18-36(61-2)19-11-32)28-33-12-20-37(62-3)21-13-33/h5-25,42,57H,26-30H2,1-4H3,(H,50,51). The van der Waals surface area contributed by atoms with E-state index in [0.29, 0.717) is 56.7 Å². The second kappa shape index (κ2) is 19.9. The summed E-state index contributed by atoms with van der Waals surface area (Å²) in [6, 6.07) is 37.8. The van der Waals surface area contributed by atoms with Crippen molar-refractivity contribution >= 4 is 36.7 Å². The Morgan fingerprint density at radius 1 is 0.708 bits per heavy atom. The number of thiazole rings is 1. The number of tetrazole rings is 1. The van der Waals surface area contributed by atoms with Gasteiger partial charge in [-0.05, 0) is 87.6 Å². The molecule has 2 N–H and O–H groups in total. The lowest BCUT2D eigenvalue weighted by Gasteiger charge is -2.27. The number of sulfonamides is 1. The van der Waals surface area contributed by atoms with Crippen molar-refractivity contribution in [3.05, 3.63) is 155 Å². The maximum atomic E-state index is 16.4. The van der Waals surface area contributed by atoms with Crippen LogP contribution in [0.1, 0.15) is 34.0 Å². The Balaban J connectivity index is 1.31. The van der Waals surface area contributed by atoms with Crippen LogP contribution >= 0.6 is 11.3 Å². The number of aliphatic hydroxyl groups excluding tert-OH is 1. The van der Waals surface area contributed by atoms with E-state index in [4.69, 9.17) is 29.0 Å². The molecule has 0 radical (unpaired) electrons. The lowest BCUT2D eigenvalue weighted by Crippen LogP contribution is -2.32. The van der Waals surface area contributed by atoms with E-state index in [1.807, 2.05) is 66.7 Å². The largest absolute Gasteiger partial charge is 0.497 e. The average Bonchev–Trinajstić information content (AvgIpc) is 4.00. The number of nitrogens with zero attached hydrogens (tertiary/aromatic N) is 6. The molecule has 14 nitrogen and oxygen atoms in total. The Morgan fingerprint density at radius 3 is 1.78 bits per heavy atom. The number of hydrogen-bond acceptors (Lipinski definition) is 13. The van der Waals surface area contributed by atoms with E-state index in [-0.39, 0.29) is 36.6 Å². The highest BCUT2D eigenvalue weighted by molar-refractivity contribution is 7.89. The summed E-state index contributed by atoms with van der Waals surface area (Å²) in [7, 11) is 1.57. The lowest BCUT2D eigenvalue weighted by molar-refractivity contribution is 0.177. The molecule has 0 fully saturated rings. The van der Waals surface area contributed by atoms with Crippen LogP contribution in [0.15, 0.2) is 132 Å². The SMILES string of the molecule is COc1ccc(CNc2nc3c(-c4ccc(C(F)CO)c(S(=O)(=O)N(Cc5ccc(OC)cc5)Cc5ccc(OC)cc5)c4-c4nnn(Cc5ccc(OC)cc5)n4)cccc3s2)cc1. The highest BCUT2D eigenvalue weighted by Gasteiger charge is 2.36. The molecule has 0 spiro atoms. The number of rotatable bonds is 19. The average molecular weight is 916 g/mol. The quantitative estimate of drug-likeness (QED) is 0.0795. The van der Waals surface area contributed by atoms with Crippen molar-refractivity contribution in [1.82, 2.24) is 29.5 Å². The number of halogens is 1. The van der Waals surface area contributed by atoms with Crippen LogP contribution in [-0.2, 0) is 36.2 Å². The van der Waals surface area contributed by atoms with Crippen LogP contribution in [0.3, 0.4) is 0 Å². The summed E-state index contributed by atoms with van der Waals surface area (Å²) in [6.45, 7) is -0.538. The van der Waals surface area contributed by atoms with Crippen LogP contribution in [0.25, 0.3) is 32.7 Å². The van der Waals surface area contributed by atoms with Gasteiger partial charge in [0.1, 0.15) is 34.1 Å². The normalized spacial score (nSPS) is 12.0. The van der Waals surface area contributed by atoms with Crippen molar-refractivity contribution in [2.45, 2.75) is 37.2 Å². The molecular formula is C48H46FN7O7S2. The zero-order valence-electron chi connectivity index (χ0n) is 36.0. The fourth-order valence-corrected chi connectivity index (χ4v) is 10.1. The summed E-state index contributed by atoms with van der Waals surface area (Å²) in [6.07, 6.45) is -2.10. The van der Waals surface area contributed by atoms with Gasteiger partial charge >= 0.3 is 0 Å². The van der Waals surface area contributed by atoms with E-state index in [0.717, 1.165) is 21.6 Å². The predicted octanol–water partition coefficient (Wildman–Crippen LogP) is 8.71. The molecule has 8 aromatic rings. The summed E-state index contributed by atoms with van der Waals surface area (Å²) >= 11 is 1.44. The van der Waals surface area contributed by atoms with Gasteiger partial charge in [-0.3, -0.25) is 0 Å². The molecule has 1 atom stereocenters. The molecular weight excluding hydrogens is 870 g/mol. The number of alkyl halides is 1. The minimum atomic E-state index is -4.72. The smallest absolute Gasteiger partial charge is 0.244 e. The first kappa shape index (κ1) is 44.7. The molecule has 6 aromatic carbocycles. The van der Waals surface area contributed by atoms with Gasteiger partial charge in [-0.1, -0.05) is 84.1 Å². The number of methoxy groups -OCH3 is 4. The number of hydrogen-bond donors (Lipinski definition) is 2. The van der Waals surface area contributed by atoms with Gasteiger partial charge in [0.25, 0.3) is 0 Å². The summed E-state index contributed by atoms with van der Waals surface area (Å²) in [4.78, 5) is 5.94. The first-order valence-corrected chi connectivity index (χ1v) is 22.7. The number of para-hydroxylation sites is 1. The van der Waals surface area contributed by atoms with Gasteiger partial charge in [0.15, 0.2) is 5.13 Å². The van der Waals surface area contributed by atoms with Crippen LogP contribution in [0, 0.1) is 0 Å². The molecule has 65 heavy (non-hydrogen) atoms. The fraction of sp³-hybridized carbons (Fsp3) is 0.208. The Hall–Kier alpha value is -6.92. The number of benzene rings is 6. The minimum Gasteiger partial charge on any atom is -0.497 e. The third-order valence-electron chi connectivity index (χ3n) is 10.8. The van der Waals surface area contributed by atoms with Crippen molar-refractivity contribution in [2.75, 3.05) is 40.4 Å². The maximum Gasteiger partial charge on any atom is 0.244 e. The van der Waals surface area contributed by atoms with E-state index in [2.05, 4.69) is 15.6 Å². The van der Waals surface area contributed by atoms with E-state index in [1.165, 1.54) is 26.5 Å². The second-order valence-electron chi connectivity index (χ2n) is 14.9. The van der Waals surface area contributed by atoms with Crippen LogP contribution in [0.2, 0.25) is 0 Å². The summed E-state index contributed by atoms with van der Waals surface area (Å²) in [5.74, 6) is 2.54. The third-order valence-corrected chi connectivity index (χ3v) is 13.7. The van der Waals surface area contributed by atoms with Gasteiger partial charge in [0, 0.05) is 30.8 Å². The molecule has 0 bridgehead atoms. The highest BCUT2D eigenvalue weighted by Crippen LogP contribution is 2.45. The van der Waals surface area contributed by atoms with E-state index in [9.17, 15) is 5.11 Å². The van der Waals surface area contributed by atoms with Crippen molar-refractivity contribution in [3.63, 3.8) is 0 Å². The van der Waals surface area contributed by atoms with Crippen molar-refractivity contribution in [1.29, 1.82) is 0 Å². The molecule has 17 heteroatoms. The molecule has 0 amide bonds. The topological polar surface area (TPSA) is 163 Å². The fourth-order valence-electron chi connectivity index (χ4n) is 7.36. The number of aromatic nitrogens is 5. The highest BCUT2D eigenvalue weighted by atomic mass is 32.2. The van der Waals surface area contributed by atoms with Crippen LogP contribution < -0.4 is 24.3 Å². The minimum absolute atomic E-state index is 0.00212. The molecule has 0 aliphatic heterocycles. The van der Waals surface area contributed by atoms with Crippen molar-refractivity contribution in [3.8, 4) is 45.5 Å². The van der Waals surface area contributed by atoms with E-state index >= 15 is 12.8 Å². The molecule has 2 heterocycles. The molecule has 0 saturated heterocycles. The van der Waals surface area contributed by atoms with Gasteiger partial charge in [-0.15, -0.1) is 10.2 Å². The predicted molar refractivity (Wildman–Crippen MR) is 248 cm³/mol. The zero-order chi connectivity index (χ0) is 45.5. The van der Waals surface area contributed by atoms with Gasteiger partial charge < -0.3 is 29.4 Å². The van der Waals surface area contributed by atoms with Gasteiger partial charge in [0.2, 0.25) is 15.8 Å². The van der Waals surface area contributed by atoms with Crippen LogP contribution in [0.5, 0.6) is 23.0 Å². The molecule has 0 aliphatic rings. The van der Waals surface area contributed by atoms with Gasteiger partial charge in [-0.25, -0.2) is 17.8 Å².